The van der Waals surface area contributed by atoms with Gasteiger partial charge in [-0.25, -0.2) is 0 Å². The van der Waals surface area contributed by atoms with E-state index in [2.05, 4.69) is 46.0 Å². The van der Waals surface area contributed by atoms with Crippen LogP contribution in [0.5, 0.6) is 0 Å². The summed E-state index contributed by atoms with van der Waals surface area (Å²) >= 11 is 0. The zero-order valence-electron chi connectivity index (χ0n) is 12.1. The van der Waals surface area contributed by atoms with Crippen LogP contribution in [0, 0.1) is 35.0 Å². The van der Waals surface area contributed by atoms with Gasteiger partial charge < -0.3 is 0 Å². The van der Waals surface area contributed by atoms with Crippen LogP contribution in [-0.2, 0) is 0 Å². The number of nitrogens with one attached hydrogen (secondary N) is 1. The minimum Gasteiger partial charge on any atom is -0.299 e. The number of nitrogens with zero attached hydrogens (tertiary/aromatic N) is 1. The Bertz CT molecular complexity index is 277. The molecule has 0 bridgehead atoms. The Kier molecular flexibility index (Phi) is 5.01. The maximum Gasteiger partial charge on any atom is 0.110 e. The molecule has 1 aliphatic rings. The summed E-state index contributed by atoms with van der Waals surface area (Å²) in [7, 11) is 0. The van der Waals surface area contributed by atoms with Crippen molar-refractivity contribution in [1.82, 2.24) is 5.32 Å². The first-order chi connectivity index (χ1) is 7.91. The lowest BCUT2D eigenvalue weighted by molar-refractivity contribution is 0.116. The molecule has 3 atom stereocenters. The number of hydrogen-bond acceptors (Lipinski definition) is 2. The van der Waals surface area contributed by atoms with Gasteiger partial charge in [0.1, 0.15) is 5.54 Å². The van der Waals surface area contributed by atoms with Crippen LogP contribution in [0.25, 0.3) is 0 Å². The van der Waals surface area contributed by atoms with Crippen molar-refractivity contribution < 1.29 is 0 Å². The maximum atomic E-state index is 9.68. The second kappa shape index (κ2) is 5.87. The molecule has 1 aliphatic carbocycles. The average Bonchev–Trinajstić information content (AvgIpc) is 2.25. The van der Waals surface area contributed by atoms with Crippen LogP contribution in [0.4, 0.5) is 0 Å². The zero-order valence-corrected chi connectivity index (χ0v) is 12.1. The molecule has 1 rings (SSSR count). The smallest absolute Gasteiger partial charge is 0.110 e. The van der Waals surface area contributed by atoms with Crippen molar-refractivity contribution in [2.75, 3.05) is 6.54 Å². The van der Waals surface area contributed by atoms with E-state index in [0.29, 0.717) is 23.7 Å². The van der Waals surface area contributed by atoms with Gasteiger partial charge in [0.15, 0.2) is 0 Å². The third-order valence-electron chi connectivity index (χ3n) is 4.10. The predicted octanol–water partition coefficient (Wildman–Crippen LogP) is 3.59. The van der Waals surface area contributed by atoms with E-state index in [1.165, 1.54) is 12.8 Å². The van der Waals surface area contributed by atoms with Crippen LogP contribution >= 0.6 is 0 Å². The largest absolute Gasteiger partial charge is 0.299 e. The van der Waals surface area contributed by atoms with E-state index in [9.17, 15) is 5.26 Å². The standard InChI is InChI=1S/C15H28N2/c1-11(2)9-17-15(10-16)8-13(5)6-7-14(15)12(3)4/h11-14,17H,6-9H2,1-5H3. The number of rotatable bonds is 4. The van der Waals surface area contributed by atoms with Gasteiger partial charge in [-0.1, -0.05) is 41.0 Å². The first-order valence-corrected chi connectivity index (χ1v) is 7.07. The first-order valence-electron chi connectivity index (χ1n) is 7.07. The van der Waals surface area contributed by atoms with Gasteiger partial charge in [0.25, 0.3) is 0 Å². The van der Waals surface area contributed by atoms with E-state index in [1.807, 2.05) is 0 Å². The molecular weight excluding hydrogens is 208 g/mol. The summed E-state index contributed by atoms with van der Waals surface area (Å²) in [5.41, 5.74) is -0.282. The van der Waals surface area contributed by atoms with E-state index in [-0.39, 0.29) is 5.54 Å². The molecule has 0 aromatic heterocycles. The summed E-state index contributed by atoms with van der Waals surface area (Å²) < 4.78 is 0. The molecule has 0 saturated heterocycles. The van der Waals surface area contributed by atoms with E-state index in [1.54, 1.807) is 0 Å². The fourth-order valence-corrected chi connectivity index (χ4v) is 3.17. The van der Waals surface area contributed by atoms with Crippen molar-refractivity contribution in [3.63, 3.8) is 0 Å². The Hall–Kier alpha value is -0.550. The van der Waals surface area contributed by atoms with Crippen molar-refractivity contribution >= 4 is 0 Å². The van der Waals surface area contributed by atoms with Crippen LogP contribution in [0.1, 0.15) is 53.9 Å². The predicted molar refractivity (Wildman–Crippen MR) is 72.5 cm³/mol. The highest BCUT2D eigenvalue weighted by molar-refractivity contribution is 5.14. The Morgan fingerprint density at radius 2 is 1.94 bits per heavy atom. The number of hydrogen-bond donors (Lipinski definition) is 1. The molecule has 2 nitrogen and oxygen atoms in total. The highest BCUT2D eigenvalue weighted by Crippen LogP contribution is 2.40. The lowest BCUT2D eigenvalue weighted by Gasteiger charge is -2.44. The van der Waals surface area contributed by atoms with Crippen LogP contribution in [0.2, 0.25) is 0 Å². The quantitative estimate of drug-likeness (QED) is 0.809. The second-order valence-electron chi connectivity index (χ2n) is 6.60. The maximum absolute atomic E-state index is 9.68. The molecule has 0 heterocycles. The summed E-state index contributed by atoms with van der Waals surface area (Å²) in [4.78, 5) is 0. The van der Waals surface area contributed by atoms with E-state index in [0.717, 1.165) is 13.0 Å². The second-order valence-corrected chi connectivity index (χ2v) is 6.60. The summed E-state index contributed by atoms with van der Waals surface area (Å²) in [6, 6.07) is 2.62. The topological polar surface area (TPSA) is 35.8 Å². The van der Waals surface area contributed by atoms with Crippen LogP contribution in [-0.4, -0.2) is 12.1 Å². The van der Waals surface area contributed by atoms with Gasteiger partial charge in [0.05, 0.1) is 6.07 Å². The van der Waals surface area contributed by atoms with E-state index < -0.39 is 0 Å². The Labute approximate surface area is 107 Å². The summed E-state index contributed by atoms with van der Waals surface area (Å²) in [6.07, 6.45) is 3.48. The molecule has 0 aliphatic heterocycles. The van der Waals surface area contributed by atoms with E-state index in [4.69, 9.17) is 0 Å². The minimum absolute atomic E-state index is 0.282. The average molecular weight is 236 g/mol. The van der Waals surface area contributed by atoms with Crippen LogP contribution in [0.15, 0.2) is 0 Å². The Morgan fingerprint density at radius 3 is 2.41 bits per heavy atom. The molecule has 3 unspecified atom stereocenters. The molecule has 1 saturated carbocycles. The van der Waals surface area contributed by atoms with Gasteiger partial charge in [0.2, 0.25) is 0 Å². The molecular formula is C15H28N2. The molecule has 0 amide bonds. The summed E-state index contributed by atoms with van der Waals surface area (Å²) in [6.45, 7) is 12.1. The minimum atomic E-state index is -0.282. The lowest BCUT2D eigenvalue weighted by Crippen LogP contribution is -2.56. The fraction of sp³-hybridized carbons (Fsp3) is 0.933. The fourth-order valence-electron chi connectivity index (χ4n) is 3.17. The van der Waals surface area contributed by atoms with Gasteiger partial charge in [-0.05, 0) is 43.1 Å². The zero-order chi connectivity index (χ0) is 13.1. The Balaban J connectivity index is 2.85. The van der Waals surface area contributed by atoms with Crippen molar-refractivity contribution in [3.8, 4) is 6.07 Å². The molecule has 0 aromatic carbocycles. The molecule has 0 spiro atoms. The third-order valence-corrected chi connectivity index (χ3v) is 4.10. The van der Waals surface area contributed by atoms with E-state index >= 15 is 0 Å². The molecule has 0 radical (unpaired) electrons. The molecule has 2 heteroatoms. The van der Waals surface area contributed by atoms with Gasteiger partial charge in [-0.2, -0.15) is 5.26 Å². The van der Waals surface area contributed by atoms with Crippen LogP contribution < -0.4 is 5.32 Å². The van der Waals surface area contributed by atoms with Gasteiger partial charge >= 0.3 is 0 Å². The molecule has 1 N–H and O–H groups in total. The van der Waals surface area contributed by atoms with Gasteiger partial charge in [-0.3, -0.25) is 5.32 Å². The molecule has 0 aromatic rings. The molecule has 98 valence electrons. The lowest BCUT2D eigenvalue weighted by atomic mass is 9.65. The van der Waals surface area contributed by atoms with Crippen LogP contribution in [0.3, 0.4) is 0 Å². The van der Waals surface area contributed by atoms with Crippen molar-refractivity contribution in [2.45, 2.75) is 59.4 Å². The van der Waals surface area contributed by atoms with Gasteiger partial charge in [0, 0.05) is 0 Å². The SMILES string of the molecule is CC(C)CNC1(C#N)CC(C)CCC1C(C)C. The molecule has 1 fully saturated rings. The third kappa shape index (κ3) is 3.45. The first kappa shape index (κ1) is 14.5. The summed E-state index contributed by atoms with van der Waals surface area (Å²) in [5.74, 6) is 2.36. The summed E-state index contributed by atoms with van der Waals surface area (Å²) in [5, 5.41) is 13.3. The Morgan fingerprint density at radius 1 is 1.29 bits per heavy atom. The highest BCUT2D eigenvalue weighted by Gasteiger charge is 2.44. The van der Waals surface area contributed by atoms with Gasteiger partial charge in [-0.15, -0.1) is 0 Å². The monoisotopic (exact) mass is 236 g/mol. The number of nitriles is 1. The highest BCUT2D eigenvalue weighted by atomic mass is 15.0. The van der Waals surface area contributed by atoms with Crippen molar-refractivity contribution in [2.24, 2.45) is 23.7 Å². The normalized spacial score (nSPS) is 34.0. The molecule has 17 heavy (non-hydrogen) atoms. The van der Waals surface area contributed by atoms with Crippen molar-refractivity contribution in [1.29, 1.82) is 5.26 Å². The van der Waals surface area contributed by atoms with Crippen molar-refractivity contribution in [3.05, 3.63) is 0 Å².